The monoisotopic (exact) mass is 363 g/mol. The van der Waals surface area contributed by atoms with Crippen molar-refractivity contribution in [2.24, 2.45) is 0 Å². The van der Waals surface area contributed by atoms with E-state index in [4.69, 9.17) is 9.72 Å². The van der Waals surface area contributed by atoms with Gasteiger partial charge in [-0.3, -0.25) is 4.79 Å². The normalized spacial score (nSPS) is 16.1. The maximum absolute atomic E-state index is 12.8. The zero-order valence-corrected chi connectivity index (χ0v) is 16.5. The Hall–Kier alpha value is -2.82. The summed E-state index contributed by atoms with van der Waals surface area (Å²) in [7, 11) is 3.56. The van der Waals surface area contributed by atoms with Crippen LogP contribution in [0.2, 0.25) is 0 Å². The van der Waals surface area contributed by atoms with Gasteiger partial charge >= 0.3 is 0 Å². The van der Waals surface area contributed by atoms with Crippen molar-refractivity contribution < 1.29 is 9.53 Å². The topological polar surface area (TPSA) is 46.8 Å². The van der Waals surface area contributed by atoms with Gasteiger partial charge in [-0.25, -0.2) is 4.98 Å². The van der Waals surface area contributed by atoms with Crippen LogP contribution in [0.1, 0.15) is 51.0 Å². The molecule has 0 spiro atoms. The molecule has 1 aliphatic heterocycles. The minimum absolute atomic E-state index is 0.00292. The molecule has 5 nitrogen and oxygen atoms in total. The summed E-state index contributed by atoms with van der Waals surface area (Å²) < 4.78 is 8.49. The number of hydrogen-bond donors (Lipinski definition) is 0. The molecule has 2 aromatic heterocycles. The molecule has 0 saturated carbocycles. The van der Waals surface area contributed by atoms with E-state index in [2.05, 4.69) is 19.1 Å². The van der Waals surface area contributed by atoms with Gasteiger partial charge in [0.05, 0.1) is 11.3 Å². The van der Waals surface area contributed by atoms with Gasteiger partial charge in [-0.1, -0.05) is 24.3 Å². The van der Waals surface area contributed by atoms with E-state index in [0.717, 1.165) is 41.2 Å². The largest absolute Gasteiger partial charge is 0.481 e. The molecular formula is C22H25N3O2. The highest BCUT2D eigenvalue weighted by atomic mass is 16.5. The quantitative estimate of drug-likeness (QED) is 0.691. The lowest BCUT2D eigenvalue weighted by atomic mass is 9.93. The first kappa shape index (κ1) is 17.6. The van der Waals surface area contributed by atoms with Crippen LogP contribution < -0.4 is 4.74 Å². The van der Waals surface area contributed by atoms with Crippen LogP contribution in [0.5, 0.6) is 5.75 Å². The third-order valence-electron chi connectivity index (χ3n) is 5.54. The molecule has 140 valence electrons. The fraction of sp³-hybridized carbons (Fsp3) is 0.364. The Labute approximate surface area is 159 Å². The highest BCUT2D eigenvalue weighted by Gasteiger charge is 2.30. The summed E-state index contributed by atoms with van der Waals surface area (Å²) in [5, 5.41) is 0. The fourth-order valence-electron chi connectivity index (χ4n) is 3.85. The van der Waals surface area contributed by atoms with Crippen molar-refractivity contribution in [1.82, 2.24) is 14.3 Å². The first-order valence-corrected chi connectivity index (χ1v) is 9.33. The molecule has 3 heterocycles. The number of amides is 1. The lowest BCUT2D eigenvalue weighted by molar-refractivity contribution is 0.0822. The molecule has 0 unspecified atom stereocenters. The van der Waals surface area contributed by atoms with E-state index >= 15 is 0 Å². The number of carbonyl (C=O) groups is 1. The van der Waals surface area contributed by atoms with Crippen LogP contribution in [0.3, 0.4) is 0 Å². The van der Waals surface area contributed by atoms with Crippen molar-refractivity contribution in [2.75, 3.05) is 14.1 Å². The molecule has 0 radical (unpaired) electrons. The Morgan fingerprint density at radius 2 is 1.96 bits per heavy atom. The smallest absolute Gasteiger partial charge is 0.255 e. The number of aryl methyl sites for hydroxylation is 3. The molecule has 1 atom stereocenters. The number of ether oxygens (including phenoxy) is 1. The third-order valence-corrected chi connectivity index (χ3v) is 5.54. The zero-order chi connectivity index (χ0) is 19.3. The van der Waals surface area contributed by atoms with Gasteiger partial charge in [-0.15, -0.1) is 0 Å². The maximum atomic E-state index is 12.8. The molecule has 0 N–H and O–H groups in total. The molecule has 1 aliphatic rings. The van der Waals surface area contributed by atoms with Crippen LogP contribution in [-0.4, -0.2) is 34.3 Å². The van der Waals surface area contributed by atoms with E-state index in [1.807, 2.05) is 36.6 Å². The summed E-state index contributed by atoms with van der Waals surface area (Å²) in [4.78, 5) is 19.2. The van der Waals surface area contributed by atoms with Crippen molar-refractivity contribution >= 4 is 11.6 Å². The molecule has 0 saturated heterocycles. The van der Waals surface area contributed by atoms with Crippen molar-refractivity contribution in [3.05, 3.63) is 64.1 Å². The average molecular weight is 363 g/mol. The Balaban J connectivity index is 1.91. The molecule has 1 aromatic carbocycles. The minimum Gasteiger partial charge on any atom is -0.481 e. The van der Waals surface area contributed by atoms with Gasteiger partial charge in [-0.05, 0) is 44.7 Å². The Kier molecular flexibility index (Phi) is 4.17. The number of rotatable bonds is 2. The van der Waals surface area contributed by atoms with Crippen molar-refractivity contribution in [3.8, 4) is 5.75 Å². The molecule has 27 heavy (non-hydrogen) atoms. The first-order valence-electron chi connectivity index (χ1n) is 9.33. The molecule has 0 bridgehead atoms. The lowest BCUT2D eigenvalue weighted by Gasteiger charge is -2.29. The second-order valence-electron chi connectivity index (χ2n) is 7.53. The van der Waals surface area contributed by atoms with Gasteiger partial charge in [0.25, 0.3) is 5.91 Å². The summed E-state index contributed by atoms with van der Waals surface area (Å²) >= 11 is 0. The highest BCUT2D eigenvalue weighted by molar-refractivity contribution is 5.96. The summed E-state index contributed by atoms with van der Waals surface area (Å²) in [6.07, 6.45) is 3.54. The van der Waals surface area contributed by atoms with Crippen LogP contribution in [-0.2, 0) is 6.42 Å². The van der Waals surface area contributed by atoms with Crippen molar-refractivity contribution in [1.29, 1.82) is 0 Å². The van der Waals surface area contributed by atoms with Crippen LogP contribution in [0, 0.1) is 20.8 Å². The summed E-state index contributed by atoms with van der Waals surface area (Å²) in [5.74, 6) is 0.746. The number of benzene rings is 1. The molecule has 0 aliphatic carbocycles. The van der Waals surface area contributed by atoms with Gasteiger partial charge in [0.1, 0.15) is 6.10 Å². The number of aromatic nitrogens is 2. The average Bonchev–Trinajstić information content (AvgIpc) is 2.95. The summed E-state index contributed by atoms with van der Waals surface area (Å²) in [6, 6.07) is 8.33. The highest BCUT2D eigenvalue weighted by Crippen LogP contribution is 2.40. The maximum Gasteiger partial charge on any atom is 0.255 e. The number of imidazole rings is 1. The van der Waals surface area contributed by atoms with E-state index in [-0.39, 0.29) is 12.0 Å². The molecule has 3 aromatic rings. The molecular weight excluding hydrogens is 338 g/mol. The predicted octanol–water partition coefficient (Wildman–Crippen LogP) is 4.03. The second kappa shape index (κ2) is 6.41. The molecule has 0 fully saturated rings. The third kappa shape index (κ3) is 2.78. The second-order valence-corrected chi connectivity index (χ2v) is 7.53. The number of carbonyl (C=O) groups excluding carboxylic acids is 1. The Bertz CT molecular complexity index is 1050. The van der Waals surface area contributed by atoms with Crippen LogP contribution >= 0.6 is 0 Å². The Morgan fingerprint density at radius 3 is 2.67 bits per heavy atom. The number of pyridine rings is 1. The minimum atomic E-state index is -0.0236. The number of hydrogen-bond acceptors (Lipinski definition) is 3. The van der Waals surface area contributed by atoms with Gasteiger partial charge in [0, 0.05) is 31.5 Å². The Morgan fingerprint density at radius 1 is 1.22 bits per heavy atom. The van der Waals surface area contributed by atoms with E-state index in [1.54, 1.807) is 19.0 Å². The van der Waals surface area contributed by atoms with Crippen LogP contribution in [0.15, 0.2) is 30.5 Å². The number of nitrogens with zero attached hydrogens (tertiary/aromatic N) is 3. The van der Waals surface area contributed by atoms with E-state index in [0.29, 0.717) is 5.56 Å². The van der Waals surface area contributed by atoms with Crippen molar-refractivity contribution in [3.63, 3.8) is 0 Å². The van der Waals surface area contributed by atoms with Gasteiger partial charge < -0.3 is 14.0 Å². The summed E-state index contributed by atoms with van der Waals surface area (Å²) in [5.41, 5.74) is 6.87. The predicted molar refractivity (Wildman–Crippen MR) is 106 cm³/mol. The van der Waals surface area contributed by atoms with E-state index in [1.165, 1.54) is 11.1 Å². The summed E-state index contributed by atoms with van der Waals surface area (Å²) in [6.45, 7) is 6.12. The standard InChI is InChI=1S/C22H25N3O2/c1-13-8-6-7-9-16(13)19-11-10-17-18(22(26)24(4)5)12-25-15(3)14(2)23-21(25)20(17)27-19/h6-9,12,19H,10-11H2,1-5H3/t19-/m1/s1. The number of fused-ring (bicyclic) bond motifs is 3. The first-order chi connectivity index (χ1) is 12.9. The van der Waals surface area contributed by atoms with Gasteiger partial charge in [-0.2, -0.15) is 0 Å². The van der Waals surface area contributed by atoms with E-state index < -0.39 is 0 Å². The molecule has 4 rings (SSSR count). The SMILES string of the molecule is Cc1ccccc1[C@H]1CCc2c(C(=O)N(C)C)cn3c(C)c(C)nc3c2O1. The zero-order valence-electron chi connectivity index (χ0n) is 16.5. The fourth-order valence-corrected chi connectivity index (χ4v) is 3.85. The van der Waals surface area contributed by atoms with Crippen LogP contribution in [0.4, 0.5) is 0 Å². The van der Waals surface area contributed by atoms with Crippen molar-refractivity contribution in [2.45, 2.75) is 39.7 Å². The van der Waals surface area contributed by atoms with Gasteiger partial charge in [0.15, 0.2) is 11.4 Å². The lowest BCUT2D eigenvalue weighted by Crippen LogP contribution is -2.26. The van der Waals surface area contributed by atoms with Crippen LogP contribution in [0.25, 0.3) is 5.65 Å². The molecule has 1 amide bonds. The van der Waals surface area contributed by atoms with E-state index in [9.17, 15) is 4.79 Å². The van der Waals surface area contributed by atoms with Gasteiger partial charge in [0.2, 0.25) is 0 Å². The molecule has 5 heteroatoms.